The Hall–Kier alpha value is -2.66. The number of fused-ring (bicyclic) bond motifs is 1. The number of allylic oxidation sites excluding steroid dienone is 1. The lowest BCUT2D eigenvalue weighted by Crippen LogP contribution is -2.57. The van der Waals surface area contributed by atoms with Gasteiger partial charge in [0.05, 0.1) is 11.9 Å². The van der Waals surface area contributed by atoms with Crippen molar-refractivity contribution in [2.45, 2.75) is 26.8 Å². The van der Waals surface area contributed by atoms with Crippen molar-refractivity contribution in [3.8, 4) is 11.3 Å². The average molecular weight is 376 g/mol. The first-order valence-corrected chi connectivity index (χ1v) is 9.80. The molecule has 3 heterocycles. The Kier molecular flexibility index (Phi) is 4.50. The molecule has 3 aromatic rings. The Balaban J connectivity index is 1.67. The molecule has 146 valence electrons. The fourth-order valence-electron chi connectivity index (χ4n) is 3.52. The monoisotopic (exact) mass is 375 g/mol. The third kappa shape index (κ3) is 3.31. The third-order valence-electron chi connectivity index (χ3n) is 5.71. The quantitative estimate of drug-likeness (QED) is 0.733. The van der Waals surface area contributed by atoms with Crippen LogP contribution in [0.2, 0.25) is 0 Å². The Morgan fingerprint density at radius 2 is 2.00 bits per heavy atom. The number of nitrogens with zero attached hydrogens (tertiary/aromatic N) is 4. The van der Waals surface area contributed by atoms with Crippen molar-refractivity contribution in [3.05, 3.63) is 48.8 Å². The van der Waals surface area contributed by atoms with Crippen molar-refractivity contribution in [1.29, 1.82) is 0 Å². The summed E-state index contributed by atoms with van der Waals surface area (Å²) in [5.41, 5.74) is 7.00. The molecule has 1 aliphatic rings. The summed E-state index contributed by atoms with van der Waals surface area (Å²) in [7, 11) is 4.28. The molecule has 1 N–H and O–H groups in total. The normalized spacial score (nSPS) is 15.3. The van der Waals surface area contributed by atoms with Gasteiger partial charge >= 0.3 is 0 Å². The van der Waals surface area contributed by atoms with Gasteiger partial charge in [-0.15, -0.1) is 0 Å². The molecule has 0 atom stereocenters. The van der Waals surface area contributed by atoms with E-state index < -0.39 is 0 Å². The lowest BCUT2D eigenvalue weighted by atomic mass is 9.84. The molecule has 0 aliphatic carbocycles. The number of benzene rings is 1. The topological polar surface area (TPSA) is 48.1 Å². The van der Waals surface area contributed by atoms with Gasteiger partial charge in [0.25, 0.3) is 0 Å². The van der Waals surface area contributed by atoms with Gasteiger partial charge in [0.15, 0.2) is 5.65 Å². The summed E-state index contributed by atoms with van der Waals surface area (Å²) < 4.78 is 0. The van der Waals surface area contributed by atoms with E-state index >= 15 is 0 Å². The number of nitrogens with one attached hydrogen (secondary N) is 1. The van der Waals surface area contributed by atoms with Crippen LogP contribution >= 0.6 is 0 Å². The molecule has 5 heteroatoms. The van der Waals surface area contributed by atoms with E-state index in [9.17, 15) is 0 Å². The predicted octanol–water partition coefficient (Wildman–Crippen LogP) is 4.43. The second-order valence-electron chi connectivity index (χ2n) is 8.96. The number of hydrogen-bond donors (Lipinski definition) is 1. The molecule has 1 aromatic carbocycles. The van der Waals surface area contributed by atoms with Crippen LogP contribution in [0.5, 0.6) is 0 Å². The van der Waals surface area contributed by atoms with Gasteiger partial charge in [-0.05, 0) is 37.2 Å². The van der Waals surface area contributed by atoms with Gasteiger partial charge in [0.1, 0.15) is 5.52 Å². The highest BCUT2D eigenvalue weighted by atomic mass is 15.3. The minimum absolute atomic E-state index is 0.0206. The van der Waals surface area contributed by atoms with Crippen molar-refractivity contribution in [2.24, 2.45) is 5.41 Å². The van der Waals surface area contributed by atoms with E-state index in [4.69, 9.17) is 4.98 Å². The summed E-state index contributed by atoms with van der Waals surface area (Å²) in [4.78, 5) is 17.5. The highest BCUT2D eigenvalue weighted by molar-refractivity contribution is 5.89. The molecule has 0 amide bonds. The van der Waals surface area contributed by atoms with Gasteiger partial charge in [-0.3, -0.25) is 0 Å². The lowest BCUT2D eigenvalue weighted by Gasteiger charge is -2.44. The largest absolute Gasteiger partial charge is 0.368 e. The molecule has 1 saturated heterocycles. The SMILES string of the molecule is C=C(c1c[nH]c2ncc(-c3cccc(N4CC(N(C)C)C4)c3)nc12)C(C)(C)C. The fraction of sp³-hybridized carbons (Fsp3) is 0.391. The Labute approximate surface area is 167 Å². The average Bonchev–Trinajstić information content (AvgIpc) is 3.02. The first-order valence-electron chi connectivity index (χ1n) is 9.80. The van der Waals surface area contributed by atoms with Crippen molar-refractivity contribution in [1.82, 2.24) is 19.9 Å². The summed E-state index contributed by atoms with van der Waals surface area (Å²) in [6.45, 7) is 12.9. The van der Waals surface area contributed by atoms with Gasteiger partial charge in [-0.2, -0.15) is 0 Å². The summed E-state index contributed by atoms with van der Waals surface area (Å²) in [6.07, 6.45) is 3.82. The predicted molar refractivity (Wildman–Crippen MR) is 118 cm³/mol. The van der Waals surface area contributed by atoms with Crippen LogP contribution in [0, 0.1) is 5.41 Å². The molecular formula is C23H29N5. The van der Waals surface area contributed by atoms with E-state index in [1.54, 1.807) is 0 Å². The summed E-state index contributed by atoms with van der Waals surface area (Å²) >= 11 is 0. The van der Waals surface area contributed by atoms with Crippen molar-refractivity contribution >= 4 is 22.4 Å². The molecule has 4 rings (SSSR count). The van der Waals surface area contributed by atoms with Crippen molar-refractivity contribution in [2.75, 3.05) is 32.1 Å². The smallest absolute Gasteiger partial charge is 0.156 e. The highest BCUT2D eigenvalue weighted by Gasteiger charge is 2.28. The van der Waals surface area contributed by atoms with E-state index in [-0.39, 0.29) is 5.41 Å². The van der Waals surface area contributed by atoms with Crippen LogP contribution in [0.25, 0.3) is 28.0 Å². The van der Waals surface area contributed by atoms with Crippen LogP contribution in [-0.4, -0.2) is 53.1 Å². The maximum Gasteiger partial charge on any atom is 0.156 e. The lowest BCUT2D eigenvalue weighted by molar-refractivity contribution is 0.247. The van der Waals surface area contributed by atoms with Gasteiger partial charge in [-0.1, -0.05) is 39.5 Å². The summed E-state index contributed by atoms with van der Waals surface area (Å²) in [5.74, 6) is 0. The molecule has 0 bridgehead atoms. The van der Waals surface area contributed by atoms with E-state index in [0.717, 1.165) is 46.6 Å². The van der Waals surface area contributed by atoms with Crippen LogP contribution in [0.3, 0.4) is 0 Å². The minimum Gasteiger partial charge on any atom is -0.368 e. The molecule has 0 unspecified atom stereocenters. The van der Waals surface area contributed by atoms with Crippen molar-refractivity contribution < 1.29 is 0 Å². The molecular weight excluding hydrogens is 346 g/mol. The van der Waals surface area contributed by atoms with Gasteiger partial charge in [0.2, 0.25) is 0 Å². The Morgan fingerprint density at radius 1 is 1.25 bits per heavy atom. The van der Waals surface area contributed by atoms with Crippen molar-refractivity contribution in [3.63, 3.8) is 0 Å². The molecule has 28 heavy (non-hydrogen) atoms. The zero-order valence-corrected chi connectivity index (χ0v) is 17.5. The molecule has 1 fully saturated rings. The van der Waals surface area contributed by atoms with E-state index in [1.165, 1.54) is 5.69 Å². The highest BCUT2D eigenvalue weighted by Crippen LogP contribution is 2.36. The van der Waals surface area contributed by atoms with E-state index in [2.05, 4.69) is 85.5 Å². The van der Waals surface area contributed by atoms with Crippen LogP contribution in [0.15, 0.2) is 43.2 Å². The maximum absolute atomic E-state index is 4.95. The fourth-order valence-corrected chi connectivity index (χ4v) is 3.52. The molecule has 5 nitrogen and oxygen atoms in total. The number of H-pyrrole nitrogens is 1. The third-order valence-corrected chi connectivity index (χ3v) is 5.71. The number of rotatable bonds is 4. The molecule has 2 aromatic heterocycles. The van der Waals surface area contributed by atoms with Crippen LogP contribution in [-0.2, 0) is 0 Å². The first kappa shape index (κ1) is 18.7. The summed E-state index contributed by atoms with van der Waals surface area (Å²) in [5, 5.41) is 0. The zero-order valence-electron chi connectivity index (χ0n) is 17.5. The van der Waals surface area contributed by atoms with Gasteiger partial charge < -0.3 is 14.8 Å². The van der Waals surface area contributed by atoms with Crippen LogP contribution < -0.4 is 4.90 Å². The van der Waals surface area contributed by atoms with Crippen LogP contribution in [0.1, 0.15) is 26.3 Å². The molecule has 0 radical (unpaired) electrons. The first-order chi connectivity index (χ1) is 13.2. The van der Waals surface area contributed by atoms with E-state index in [0.29, 0.717) is 6.04 Å². The number of aromatic amines is 1. The number of anilines is 1. The Morgan fingerprint density at radius 3 is 2.68 bits per heavy atom. The molecule has 0 spiro atoms. The zero-order chi connectivity index (χ0) is 20.1. The number of likely N-dealkylation sites (N-methyl/N-ethyl adjacent to an activating group) is 1. The standard InChI is InChI=1S/C23H29N5/c1-15(23(2,3)4)19-11-24-22-21(19)26-20(12-25-22)16-8-7-9-17(10-16)28-13-18(14-28)27(5)6/h7-12,18H,1,13-14H2,2-6H3,(H,24,25). The second-order valence-corrected chi connectivity index (χ2v) is 8.96. The minimum atomic E-state index is -0.0206. The number of aromatic nitrogens is 3. The van der Waals surface area contributed by atoms with Crippen LogP contribution in [0.4, 0.5) is 5.69 Å². The number of hydrogen-bond acceptors (Lipinski definition) is 4. The maximum atomic E-state index is 4.95. The Bertz CT molecular complexity index is 1020. The molecule has 0 saturated carbocycles. The van der Waals surface area contributed by atoms with E-state index in [1.807, 2.05) is 12.4 Å². The second kappa shape index (κ2) is 6.74. The summed E-state index contributed by atoms with van der Waals surface area (Å²) in [6, 6.07) is 9.22. The molecule has 1 aliphatic heterocycles. The van der Waals surface area contributed by atoms with Gasteiger partial charge in [-0.25, -0.2) is 9.97 Å². The van der Waals surface area contributed by atoms with Gasteiger partial charge in [0, 0.05) is 42.1 Å².